The van der Waals surface area contributed by atoms with Crippen molar-refractivity contribution >= 4 is 23.4 Å². The summed E-state index contributed by atoms with van der Waals surface area (Å²) in [7, 11) is 4.01. The Hall–Kier alpha value is -4.15. The Morgan fingerprint density at radius 3 is 2.69 bits per heavy atom. The lowest BCUT2D eigenvalue weighted by Crippen LogP contribution is -2.24. The SMILES string of the molecule is CN(C)c1ccc(CNc2nc(=NC3CC3)n3ncc(=Cc4[nH]c(=O)[nH]c4O)c3n2)cc1. The zero-order valence-electron chi connectivity index (χ0n) is 17.7. The summed E-state index contributed by atoms with van der Waals surface area (Å²) in [5, 5.41) is 18.1. The number of imidazole rings is 1. The first-order valence-electron chi connectivity index (χ1n) is 10.3. The van der Waals surface area contributed by atoms with Crippen molar-refractivity contribution in [2.45, 2.75) is 25.4 Å². The highest BCUT2D eigenvalue weighted by Gasteiger charge is 2.21. The molecule has 5 rings (SSSR count). The predicted octanol–water partition coefficient (Wildman–Crippen LogP) is 0.135. The van der Waals surface area contributed by atoms with Crippen molar-refractivity contribution in [1.82, 2.24) is 29.5 Å². The van der Waals surface area contributed by atoms with Gasteiger partial charge in [-0.15, -0.1) is 0 Å². The predicted molar refractivity (Wildman–Crippen MR) is 119 cm³/mol. The maximum absolute atomic E-state index is 11.5. The zero-order valence-corrected chi connectivity index (χ0v) is 17.7. The molecule has 1 aromatic carbocycles. The molecule has 0 amide bonds. The van der Waals surface area contributed by atoms with Crippen LogP contribution in [0.2, 0.25) is 0 Å². The Bertz CT molecular complexity index is 1440. The number of aromatic nitrogens is 6. The van der Waals surface area contributed by atoms with Crippen LogP contribution in [0, 0.1) is 0 Å². The van der Waals surface area contributed by atoms with E-state index in [9.17, 15) is 9.90 Å². The van der Waals surface area contributed by atoms with Gasteiger partial charge in [-0.05, 0) is 36.6 Å². The molecule has 4 N–H and O–H groups in total. The van der Waals surface area contributed by atoms with Crippen molar-refractivity contribution in [2.75, 3.05) is 24.3 Å². The van der Waals surface area contributed by atoms with Crippen molar-refractivity contribution in [3.05, 3.63) is 63.0 Å². The summed E-state index contributed by atoms with van der Waals surface area (Å²) in [6.07, 6.45) is 5.27. The molecule has 0 aliphatic heterocycles. The molecule has 1 aliphatic rings. The van der Waals surface area contributed by atoms with Gasteiger partial charge in [-0.2, -0.15) is 19.6 Å². The second kappa shape index (κ2) is 7.84. The molecular weight excluding hydrogens is 410 g/mol. The van der Waals surface area contributed by atoms with E-state index < -0.39 is 5.69 Å². The van der Waals surface area contributed by atoms with Gasteiger partial charge in [0.1, 0.15) is 5.69 Å². The number of hydrogen-bond acceptors (Lipinski definition) is 8. The third kappa shape index (κ3) is 4.04. The molecule has 11 nitrogen and oxygen atoms in total. The van der Waals surface area contributed by atoms with Crippen LogP contribution in [0.5, 0.6) is 5.88 Å². The second-order valence-corrected chi connectivity index (χ2v) is 7.94. The van der Waals surface area contributed by atoms with Crippen LogP contribution in [-0.2, 0) is 6.54 Å². The van der Waals surface area contributed by atoms with Crippen LogP contribution in [0.3, 0.4) is 0 Å². The van der Waals surface area contributed by atoms with Gasteiger partial charge in [0.15, 0.2) is 5.65 Å². The van der Waals surface area contributed by atoms with Gasteiger partial charge in [0.05, 0.1) is 12.2 Å². The number of benzene rings is 1. The van der Waals surface area contributed by atoms with Gasteiger partial charge in [-0.25, -0.2) is 9.79 Å². The normalized spacial score (nSPS) is 14.9. The quantitative estimate of drug-likeness (QED) is 0.339. The van der Waals surface area contributed by atoms with E-state index in [1.54, 1.807) is 16.8 Å². The average Bonchev–Trinajstić information content (AvgIpc) is 3.41. The smallest absolute Gasteiger partial charge is 0.326 e. The minimum absolute atomic E-state index is 0.245. The maximum atomic E-state index is 11.5. The van der Waals surface area contributed by atoms with Crippen LogP contribution in [0.1, 0.15) is 24.1 Å². The molecule has 1 saturated carbocycles. The Balaban J connectivity index is 1.52. The molecule has 1 aliphatic carbocycles. The van der Waals surface area contributed by atoms with Gasteiger partial charge in [0.25, 0.3) is 5.62 Å². The van der Waals surface area contributed by atoms with E-state index in [1.807, 2.05) is 19.0 Å². The number of fused-ring (bicyclic) bond motifs is 1. The molecule has 0 radical (unpaired) electrons. The fourth-order valence-corrected chi connectivity index (χ4v) is 3.25. The van der Waals surface area contributed by atoms with Gasteiger partial charge in [0, 0.05) is 31.5 Å². The summed E-state index contributed by atoms with van der Waals surface area (Å²) in [6, 6.07) is 8.48. The van der Waals surface area contributed by atoms with E-state index in [2.05, 4.69) is 59.6 Å². The highest BCUT2D eigenvalue weighted by atomic mass is 16.3. The average molecular weight is 433 g/mol. The Morgan fingerprint density at radius 1 is 1.25 bits per heavy atom. The van der Waals surface area contributed by atoms with Gasteiger partial charge >= 0.3 is 5.69 Å². The van der Waals surface area contributed by atoms with E-state index in [0.717, 1.165) is 24.1 Å². The van der Waals surface area contributed by atoms with Gasteiger partial charge < -0.3 is 20.3 Å². The molecule has 0 saturated heterocycles. The molecule has 32 heavy (non-hydrogen) atoms. The number of nitrogens with one attached hydrogen (secondary N) is 3. The molecule has 0 bridgehead atoms. The molecule has 0 atom stereocenters. The third-order valence-electron chi connectivity index (χ3n) is 5.16. The lowest BCUT2D eigenvalue weighted by molar-refractivity contribution is 0.454. The Kier molecular flexibility index (Phi) is 4.85. The lowest BCUT2D eigenvalue weighted by Gasteiger charge is -2.13. The fraction of sp³-hybridized carbons (Fsp3) is 0.286. The molecule has 3 aromatic heterocycles. The second-order valence-electron chi connectivity index (χ2n) is 7.94. The highest BCUT2D eigenvalue weighted by molar-refractivity contribution is 5.57. The summed E-state index contributed by atoms with van der Waals surface area (Å²) in [6.45, 7) is 0.547. The first kappa shape index (κ1) is 19.8. The Labute approximate surface area is 182 Å². The molecule has 3 heterocycles. The molecule has 4 aromatic rings. The number of hydrogen-bond donors (Lipinski definition) is 4. The van der Waals surface area contributed by atoms with Crippen LogP contribution >= 0.6 is 0 Å². The van der Waals surface area contributed by atoms with E-state index in [0.29, 0.717) is 29.0 Å². The zero-order chi connectivity index (χ0) is 22.2. The molecule has 0 unspecified atom stereocenters. The third-order valence-corrected chi connectivity index (χ3v) is 5.16. The van der Waals surface area contributed by atoms with E-state index in [4.69, 9.17) is 0 Å². The van der Waals surface area contributed by atoms with Crippen molar-refractivity contribution in [3.63, 3.8) is 0 Å². The van der Waals surface area contributed by atoms with E-state index in [1.165, 1.54) is 0 Å². The minimum Gasteiger partial charge on any atom is -0.493 e. The van der Waals surface area contributed by atoms with Gasteiger partial charge in [0.2, 0.25) is 11.8 Å². The molecule has 164 valence electrons. The van der Waals surface area contributed by atoms with Crippen LogP contribution < -0.4 is 26.7 Å². The molecular formula is C21H23N9O2. The topological polar surface area (TPSA) is 140 Å². The fourth-order valence-electron chi connectivity index (χ4n) is 3.25. The van der Waals surface area contributed by atoms with Crippen molar-refractivity contribution in [3.8, 4) is 5.88 Å². The van der Waals surface area contributed by atoms with Crippen LogP contribution in [0.4, 0.5) is 11.6 Å². The maximum Gasteiger partial charge on any atom is 0.326 e. The monoisotopic (exact) mass is 433 g/mol. The van der Waals surface area contributed by atoms with Gasteiger partial charge in [-0.1, -0.05) is 12.1 Å². The minimum atomic E-state index is -0.494. The summed E-state index contributed by atoms with van der Waals surface area (Å²) in [5.41, 5.74) is 2.96. The largest absolute Gasteiger partial charge is 0.493 e. The Morgan fingerprint density at radius 2 is 2.03 bits per heavy atom. The molecule has 0 spiro atoms. The summed E-state index contributed by atoms with van der Waals surface area (Å²) in [5.74, 6) is 0.182. The number of nitrogens with zero attached hydrogens (tertiary/aromatic N) is 6. The van der Waals surface area contributed by atoms with Crippen molar-refractivity contribution < 1.29 is 5.11 Å². The van der Waals surface area contributed by atoms with Crippen molar-refractivity contribution in [2.24, 2.45) is 4.99 Å². The number of H-pyrrole nitrogens is 2. The first-order valence-corrected chi connectivity index (χ1v) is 10.3. The van der Waals surface area contributed by atoms with E-state index in [-0.39, 0.29) is 17.6 Å². The highest BCUT2D eigenvalue weighted by Crippen LogP contribution is 2.22. The number of rotatable bonds is 6. The standard InChI is InChI=1S/C21H23N9O2/c1-29(2)15-7-3-12(4-8-15)10-22-19-26-17-13(9-16-18(31)27-21(32)25-16)11-23-30(17)20(28-19)24-14-5-6-14/h3-4,7-9,11,14,31H,5-6,10H2,1-2H3,(H,22,24,28)(H2,25,27,32). The first-order chi connectivity index (χ1) is 15.5. The summed E-state index contributed by atoms with van der Waals surface area (Å²) < 4.78 is 1.57. The van der Waals surface area contributed by atoms with Crippen LogP contribution in [0.25, 0.3) is 11.7 Å². The number of aromatic amines is 2. The summed E-state index contributed by atoms with van der Waals surface area (Å²) >= 11 is 0. The molecule has 1 fully saturated rings. The summed E-state index contributed by atoms with van der Waals surface area (Å²) in [4.78, 5) is 32.2. The number of aromatic hydroxyl groups is 1. The number of anilines is 2. The van der Waals surface area contributed by atoms with Gasteiger partial charge in [-0.3, -0.25) is 4.98 Å². The van der Waals surface area contributed by atoms with Crippen LogP contribution in [-0.4, -0.2) is 54.8 Å². The lowest BCUT2D eigenvalue weighted by atomic mass is 10.2. The van der Waals surface area contributed by atoms with Crippen molar-refractivity contribution in [1.29, 1.82) is 0 Å². The van der Waals surface area contributed by atoms with E-state index >= 15 is 0 Å². The van der Waals surface area contributed by atoms with Crippen LogP contribution in [0.15, 0.2) is 40.2 Å². The molecule has 11 heteroatoms.